The average molecular weight is 455 g/mol. The Labute approximate surface area is 191 Å². The number of tetrazole rings is 1. The number of aromatic amines is 1. The van der Waals surface area contributed by atoms with Crippen molar-refractivity contribution in [2.75, 3.05) is 26.9 Å². The SMILES string of the molecule is COc1ccc2[nH]c(=O)c(CN(Cc3nnnn3CC3CCCO3)CC3CCCO3)cc2c1. The van der Waals surface area contributed by atoms with Crippen molar-refractivity contribution in [2.24, 2.45) is 0 Å². The van der Waals surface area contributed by atoms with Crippen molar-refractivity contribution < 1.29 is 14.2 Å². The number of aromatic nitrogens is 5. The first kappa shape index (κ1) is 22.0. The van der Waals surface area contributed by atoms with Crippen molar-refractivity contribution in [1.82, 2.24) is 30.1 Å². The molecule has 0 amide bonds. The van der Waals surface area contributed by atoms with Gasteiger partial charge in [-0.1, -0.05) is 0 Å². The van der Waals surface area contributed by atoms with Crippen LogP contribution in [-0.2, 0) is 29.1 Å². The number of benzene rings is 1. The molecule has 2 saturated heterocycles. The van der Waals surface area contributed by atoms with E-state index in [9.17, 15) is 4.79 Å². The van der Waals surface area contributed by atoms with Crippen molar-refractivity contribution in [1.29, 1.82) is 0 Å². The van der Waals surface area contributed by atoms with E-state index in [0.717, 1.165) is 61.4 Å². The van der Waals surface area contributed by atoms with Gasteiger partial charge in [0.05, 0.1) is 32.4 Å². The fourth-order valence-electron chi connectivity index (χ4n) is 4.64. The molecule has 1 N–H and O–H groups in total. The highest BCUT2D eigenvalue weighted by atomic mass is 16.5. The Morgan fingerprint density at radius 2 is 1.97 bits per heavy atom. The van der Waals surface area contributed by atoms with E-state index in [1.165, 1.54) is 0 Å². The Morgan fingerprint density at radius 1 is 1.15 bits per heavy atom. The third-order valence-electron chi connectivity index (χ3n) is 6.38. The van der Waals surface area contributed by atoms with Gasteiger partial charge >= 0.3 is 0 Å². The van der Waals surface area contributed by atoms with Crippen LogP contribution in [0, 0.1) is 0 Å². The normalized spacial score (nSPS) is 20.8. The molecule has 176 valence electrons. The summed E-state index contributed by atoms with van der Waals surface area (Å²) in [7, 11) is 1.64. The lowest BCUT2D eigenvalue weighted by molar-refractivity contribution is 0.0647. The van der Waals surface area contributed by atoms with Gasteiger partial charge in [0.15, 0.2) is 5.82 Å². The molecule has 3 aromatic rings. The highest BCUT2D eigenvalue weighted by Crippen LogP contribution is 2.21. The van der Waals surface area contributed by atoms with E-state index in [0.29, 0.717) is 31.7 Å². The number of ether oxygens (including phenoxy) is 3. The lowest BCUT2D eigenvalue weighted by Crippen LogP contribution is -2.34. The number of fused-ring (bicyclic) bond motifs is 1. The third kappa shape index (κ3) is 5.23. The van der Waals surface area contributed by atoms with Crippen LogP contribution in [0.2, 0.25) is 0 Å². The molecule has 2 atom stereocenters. The third-order valence-corrected chi connectivity index (χ3v) is 6.38. The van der Waals surface area contributed by atoms with Crippen LogP contribution in [-0.4, -0.2) is 69.2 Å². The van der Waals surface area contributed by atoms with E-state index in [1.807, 2.05) is 28.9 Å². The van der Waals surface area contributed by atoms with Crippen LogP contribution < -0.4 is 10.3 Å². The van der Waals surface area contributed by atoms with Crippen LogP contribution in [0.3, 0.4) is 0 Å². The molecule has 0 bridgehead atoms. The van der Waals surface area contributed by atoms with Gasteiger partial charge in [0.25, 0.3) is 5.56 Å². The summed E-state index contributed by atoms with van der Waals surface area (Å²) in [5.41, 5.74) is 1.38. The molecule has 5 rings (SSSR count). The van der Waals surface area contributed by atoms with Crippen molar-refractivity contribution in [3.05, 3.63) is 46.0 Å². The van der Waals surface area contributed by atoms with Gasteiger partial charge in [-0.3, -0.25) is 9.69 Å². The van der Waals surface area contributed by atoms with Gasteiger partial charge in [-0.25, -0.2) is 4.68 Å². The Hall–Kier alpha value is -2.82. The molecular weight excluding hydrogens is 424 g/mol. The van der Waals surface area contributed by atoms with Crippen LogP contribution in [0.1, 0.15) is 37.1 Å². The van der Waals surface area contributed by atoms with Gasteiger partial charge < -0.3 is 19.2 Å². The fourth-order valence-corrected chi connectivity index (χ4v) is 4.64. The molecule has 1 aromatic carbocycles. The maximum atomic E-state index is 12.9. The van der Waals surface area contributed by atoms with Crippen LogP contribution in [0.5, 0.6) is 5.75 Å². The van der Waals surface area contributed by atoms with E-state index in [1.54, 1.807) is 7.11 Å². The number of nitrogens with zero attached hydrogens (tertiary/aromatic N) is 5. The standard InChI is InChI=1S/C23H30N6O4/c1-31-18-6-7-21-16(11-18)10-17(23(30)24-21)12-28(13-19-4-2-8-32-19)15-22-25-26-27-29(22)14-20-5-3-9-33-20/h6-7,10-11,19-20H,2-5,8-9,12-15H2,1H3,(H,24,30). The van der Waals surface area contributed by atoms with E-state index in [-0.39, 0.29) is 17.8 Å². The maximum absolute atomic E-state index is 12.9. The molecule has 4 heterocycles. The van der Waals surface area contributed by atoms with Gasteiger partial charge in [-0.15, -0.1) is 5.10 Å². The van der Waals surface area contributed by atoms with Crippen LogP contribution in [0.4, 0.5) is 0 Å². The van der Waals surface area contributed by atoms with Gasteiger partial charge in [-0.2, -0.15) is 0 Å². The number of pyridine rings is 1. The topological polar surface area (TPSA) is 107 Å². The lowest BCUT2D eigenvalue weighted by Gasteiger charge is -2.25. The Bertz CT molecular complexity index is 1130. The number of hydrogen-bond acceptors (Lipinski definition) is 8. The number of nitrogens with one attached hydrogen (secondary N) is 1. The van der Waals surface area contributed by atoms with Crippen molar-refractivity contribution >= 4 is 10.9 Å². The van der Waals surface area contributed by atoms with Gasteiger partial charge in [0.1, 0.15) is 5.75 Å². The Kier molecular flexibility index (Phi) is 6.65. The summed E-state index contributed by atoms with van der Waals surface area (Å²) in [6, 6.07) is 7.58. The van der Waals surface area contributed by atoms with Crippen molar-refractivity contribution in [3.8, 4) is 5.75 Å². The summed E-state index contributed by atoms with van der Waals surface area (Å²) in [5.74, 6) is 1.52. The monoisotopic (exact) mass is 454 g/mol. The molecule has 2 aliphatic rings. The smallest absolute Gasteiger partial charge is 0.252 e. The maximum Gasteiger partial charge on any atom is 0.252 e. The van der Waals surface area contributed by atoms with E-state index in [2.05, 4.69) is 25.4 Å². The zero-order chi connectivity index (χ0) is 22.6. The molecule has 2 aromatic heterocycles. The minimum atomic E-state index is -0.0936. The summed E-state index contributed by atoms with van der Waals surface area (Å²) >= 11 is 0. The summed E-state index contributed by atoms with van der Waals surface area (Å²) < 4.78 is 18.8. The second kappa shape index (κ2) is 9.98. The highest BCUT2D eigenvalue weighted by molar-refractivity contribution is 5.80. The molecule has 10 heteroatoms. The van der Waals surface area contributed by atoms with Crippen LogP contribution in [0.25, 0.3) is 10.9 Å². The zero-order valence-corrected chi connectivity index (χ0v) is 18.9. The molecule has 33 heavy (non-hydrogen) atoms. The second-order valence-corrected chi connectivity index (χ2v) is 8.79. The minimum Gasteiger partial charge on any atom is -0.497 e. The van der Waals surface area contributed by atoms with E-state index < -0.39 is 0 Å². The van der Waals surface area contributed by atoms with Gasteiger partial charge in [0, 0.05) is 42.8 Å². The predicted molar refractivity (Wildman–Crippen MR) is 121 cm³/mol. The molecule has 2 fully saturated rings. The first-order valence-electron chi connectivity index (χ1n) is 11.6. The second-order valence-electron chi connectivity index (χ2n) is 8.79. The summed E-state index contributed by atoms with van der Waals surface area (Å²) in [6.45, 7) is 3.92. The summed E-state index contributed by atoms with van der Waals surface area (Å²) in [4.78, 5) is 18.0. The molecule has 0 saturated carbocycles. The number of methoxy groups -OCH3 is 1. The predicted octanol–water partition coefficient (Wildman–Crippen LogP) is 1.88. The zero-order valence-electron chi connectivity index (χ0n) is 18.9. The van der Waals surface area contributed by atoms with E-state index >= 15 is 0 Å². The molecule has 0 radical (unpaired) electrons. The quantitative estimate of drug-likeness (QED) is 0.522. The first-order chi connectivity index (χ1) is 16.2. The number of H-pyrrole nitrogens is 1. The molecule has 10 nitrogen and oxygen atoms in total. The minimum absolute atomic E-state index is 0.0936. The fraction of sp³-hybridized carbons (Fsp3) is 0.565. The van der Waals surface area contributed by atoms with Crippen LogP contribution >= 0.6 is 0 Å². The van der Waals surface area contributed by atoms with Crippen molar-refractivity contribution in [2.45, 2.75) is 57.5 Å². The van der Waals surface area contributed by atoms with Crippen molar-refractivity contribution in [3.63, 3.8) is 0 Å². The highest BCUT2D eigenvalue weighted by Gasteiger charge is 2.24. The molecular formula is C23H30N6O4. The Balaban J connectivity index is 1.38. The number of hydrogen-bond donors (Lipinski definition) is 1. The first-order valence-corrected chi connectivity index (χ1v) is 11.6. The van der Waals surface area contributed by atoms with E-state index in [4.69, 9.17) is 14.2 Å². The average Bonchev–Trinajstić information content (AvgIpc) is 3.59. The molecule has 2 unspecified atom stereocenters. The van der Waals surface area contributed by atoms with Gasteiger partial charge in [0.2, 0.25) is 0 Å². The Morgan fingerprint density at radius 3 is 2.73 bits per heavy atom. The molecule has 0 spiro atoms. The van der Waals surface area contributed by atoms with Gasteiger partial charge in [-0.05, 0) is 60.4 Å². The largest absolute Gasteiger partial charge is 0.497 e. The molecule has 0 aliphatic carbocycles. The van der Waals surface area contributed by atoms with Crippen LogP contribution in [0.15, 0.2) is 29.1 Å². The summed E-state index contributed by atoms with van der Waals surface area (Å²) in [6.07, 6.45) is 4.47. The molecule has 2 aliphatic heterocycles. The summed E-state index contributed by atoms with van der Waals surface area (Å²) in [5, 5.41) is 13.3. The number of rotatable bonds is 9. The lowest BCUT2D eigenvalue weighted by atomic mass is 10.1.